The van der Waals surface area contributed by atoms with Gasteiger partial charge in [-0.15, -0.1) is 22.7 Å². The normalized spacial score (nSPS) is 10.4. The van der Waals surface area contributed by atoms with E-state index in [0.29, 0.717) is 18.7 Å². The van der Waals surface area contributed by atoms with E-state index in [2.05, 4.69) is 4.98 Å². The number of aromatic nitrogens is 1. The number of thiazole rings is 1. The van der Waals surface area contributed by atoms with E-state index in [1.807, 2.05) is 17.5 Å². The molecule has 106 valence electrons. The molecule has 0 aliphatic rings. The summed E-state index contributed by atoms with van der Waals surface area (Å²) in [5, 5.41) is 13.1. The molecule has 0 fully saturated rings. The van der Waals surface area contributed by atoms with Crippen LogP contribution in [0.5, 0.6) is 0 Å². The number of carboxylic acid groups (broad SMARTS) is 1. The first-order chi connectivity index (χ1) is 9.58. The minimum absolute atomic E-state index is 0.0646. The van der Waals surface area contributed by atoms with E-state index in [1.54, 1.807) is 23.8 Å². The molecule has 2 rings (SSSR count). The number of carbonyl (C=O) groups is 2. The van der Waals surface area contributed by atoms with Crippen LogP contribution in [-0.2, 0) is 4.79 Å². The summed E-state index contributed by atoms with van der Waals surface area (Å²) in [6, 6.07) is 3.91. The van der Waals surface area contributed by atoms with Crippen molar-refractivity contribution in [2.24, 2.45) is 0 Å². The van der Waals surface area contributed by atoms with Crippen molar-refractivity contribution >= 4 is 34.6 Å². The molecule has 0 atom stereocenters. The van der Waals surface area contributed by atoms with Crippen molar-refractivity contribution in [1.82, 2.24) is 9.88 Å². The Morgan fingerprint density at radius 3 is 2.85 bits per heavy atom. The number of rotatable bonds is 6. The number of hydrogen-bond donors (Lipinski definition) is 1. The third-order valence-electron chi connectivity index (χ3n) is 2.69. The fourth-order valence-electron chi connectivity index (χ4n) is 1.65. The smallest absolute Gasteiger partial charge is 0.303 e. The number of thiophene rings is 1. The van der Waals surface area contributed by atoms with Gasteiger partial charge in [-0.25, -0.2) is 4.98 Å². The Kier molecular flexibility index (Phi) is 4.86. The predicted octanol–water partition coefficient (Wildman–Crippen LogP) is 2.81. The highest BCUT2D eigenvalue weighted by atomic mass is 32.1. The van der Waals surface area contributed by atoms with E-state index in [9.17, 15) is 9.59 Å². The van der Waals surface area contributed by atoms with Gasteiger partial charge in [0.2, 0.25) is 0 Å². The standard InChI is InChI=1S/C13H14N2O3S2/c1-15(6-2-5-11(16)17)13(18)9-8-20-12(14-9)10-4-3-7-19-10/h3-4,7-8H,2,5-6H2,1H3,(H,16,17). The highest BCUT2D eigenvalue weighted by Crippen LogP contribution is 2.28. The maximum Gasteiger partial charge on any atom is 0.303 e. The Morgan fingerprint density at radius 2 is 2.20 bits per heavy atom. The van der Waals surface area contributed by atoms with Gasteiger partial charge in [-0.05, 0) is 17.9 Å². The topological polar surface area (TPSA) is 70.5 Å². The van der Waals surface area contributed by atoms with Crippen LogP contribution in [0.4, 0.5) is 0 Å². The largest absolute Gasteiger partial charge is 0.481 e. The fourth-order valence-corrected chi connectivity index (χ4v) is 3.26. The van der Waals surface area contributed by atoms with Gasteiger partial charge < -0.3 is 10.0 Å². The van der Waals surface area contributed by atoms with E-state index in [-0.39, 0.29) is 12.3 Å². The minimum Gasteiger partial charge on any atom is -0.481 e. The van der Waals surface area contributed by atoms with Gasteiger partial charge in [0, 0.05) is 25.4 Å². The highest BCUT2D eigenvalue weighted by molar-refractivity contribution is 7.20. The molecule has 0 bridgehead atoms. The number of nitrogens with zero attached hydrogens (tertiary/aromatic N) is 2. The molecule has 0 spiro atoms. The van der Waals surface area contributed by atoms with Gasteiger partial charge in [0.15, 0.2) is 0 Å². The van der Waals surface area contributed by atoms with Crippen LogP contribution in [0, 0.1) is 0 Å². The molecule has 0 aliphatic heterocycles. The molecule has 1 N–H and O–H groups in total. The molecule has 0 radical (unpaired) electrons. The average Bonchev–Trinajstić information content (AvgIpc) is 3.07. The van der Waals surface area contributed by atoms with Gasteiger partial charge in [0.05, 0.1) is 4.88 Å². The van der Waals surface area contributed by atoms with Gasteiger partial charge in [0.25, 0.3) is 5.91 Å². The molecular weight excluding hydrogens is 296 g/mol. The van der Waals surface area contributed by atoms with Crippen LogP contribution < -0.4 is 0 Å². The van der Waals surface area contributed by atoms with Crippen molar-refractivity contribution in [2.45, 2.75) is 12.8 Å². The van der Waals surface area contributed by atoms with E-state index >= 15 is 0 Å². The molecule has 0 saturated carbocycles. The van der Waals surface area contributed by atoms with Crippen molar-refractivity contribution in [2.75, 3.05) is 13.6 Å². The van der Waals surface area contributed by atoms with Crippen LogP contribution in [0.25, 0.3) is 9.88 Å². The van der Waals surface area contributed by atoms with Crippen LogP contribution in [0.15, 0.2) is 22.9 Å². The molecule has 0 aliphatic carbocycles. The second-order valence-electron chi connectivity index (χ2n) is 4.24. The molecule has 2 heterocycles. The summed E-state index contributed by atoms with van der Waals surface area (Å²) in [6.07, 6.45) is 0.509. The quantitative estimate of drug-likeness (QED) is 0.890. The Hall–Kier alpha value is -1.73. The SMILES string of the molecule is CN(CCCC(=O)O)C(=O)c1csc(-c2cccs2)n1. The maximum absolute atomic E-state index is 12.1. The second kappa shape index (κ2) is 6.62. The number of aliphatic carboxylic acids is 1. The molecule has 2 aromatic heterocycles. The molecular formula is C13H14N2O3S2. The summed E-state index contributed by atoms with van der Waals surface area (Å²) < 4.78 is 0. The van der Waals surface area contributed by atoms with Crippen molar-refractivity contribution in [3.63, 3.8) is 0 Å². The maximum atomic E-state index is 12.1. The first kappa shape index (κ1) is 14.7. The van der Waals surface area contributed by atoms with Crippen LogP contribution in [-0.4, -0.2) is 40.5 Å². The number of carbonyl (C=O) groups excluding carboxylic acids is 1. The Balaban J connectivity index is 1.97. The number of hydrogen-bond acceptors (Lipinski definition) is 5. The zero-order chi connectivity index (χ0) is 14.5. The molecule has 0 aromatic carbocycles. The summed E-state index contributed by atoms with van der Waals surface area (Å²) >= 11 is 3.02. The number of amides is 1. The van der Waals surface area contributed by atoms with Gasteiger partial charge in [0.1, 0.15) is 10.7 Å². The third-order valence-corrected chi connectivity index (χ3v) is 4.57. The van der Waals surface area contributed by atoms with Crippen LogP contribution >= 0.6 is 22.7 Å². The van der Waals surface area contributed by atoms with Crippen molar-refractivity contribution in [3.05, 3.63) is 28.6 Å². The summed E-state index contributed by atoms with van der Waals surface area (Å²) in [5.74, 6) is -1.02. The van der Waals surface area contributed by atoms with Gasteiger partial charge in [-0.3, -0.25) is 9.59 Å². The molecule has 0 unspecified atom stereocenters. The monoisotopic (exact) mass is 310 g/mol. The number of carboxylic acids is 1. The highest BCUT2D eigenvalue weighted by Gasteiger charge is 2.16. The Labute approximate surface area is 124 Å². The first-order valence-corrected chi connectivity index (χ1v) is 7.80. The van der Waals surface area contributed by atoms with Crippen molar-refractivity contribution in [3.8, 4) is 9.88 Å². The van der Waals surface area contributed by atoms with E-state index in [1.165, 1.54) is 16.2 Å². The molecule has 0 saturated heterocycles. The first-order valence-electron chi connectivity index (χ1n) is 6.04. The van der Waals surface area contributed by atoms with Crippen LogP contribution in [0.3, 0.4) is 0 Å². The molecule has 20 heavy (non-hydrogen) atoms. The van der Waals surface area contributed by atoms with E-state index in [4.69, 9.17) is 5.11 Å². The minimum atomic E-state index is -0.848. The molecule has 7 heteroatoms. The Morgan fingerprint density at radius 1 is 1.40 bits per heavy atom. The fraction of sp³-hybridized carbons (Fsp3) is 0.308. The van der Waals surface area contributed by atoms with Gasteiger partial charge >= 0.3 is 5.97 Å². The third kappa shape index (κ3) is 3.64. The lowest BCUT2D eigenvalue weighted by Crippen LogP contribution is -2.28. The second-order valence-corrected chi connectivity index (χ2v) is 6.04. The Bertz CT molecular complexity index is 593. The molecule has 2 aromatic rings. The molecule has 1 amide bonds. The summed E-state index contributed by atoms with van der Waals surface area (Å²) in [4.78, 5) is 29.5. The lowest BCUT2D eigenvalue weighted by Gasteiger charge is -2.14. The molecule has 5 nitrogen and oxygen atoms in total. The zero-order valence-corrected chi connectivity index (χ0v) is 12.5. The zero-order valence-electron chi connectivity index (χ0n) is 10.9. The van der Waals surface area contributed by atoms with E-state index in [0.717, 1.165) is 9.88 Å². The average molecular weight is 310 g/mol. The van der Waals surface area contributed by atoms with Gasteiger partial charge in [-0.1, -0.05) is 6.07 Å². The summed E-state index contributed by atoms with van der Waals surface area (Å²) in [7, 11) is 1.66. The van der Waals surface area contributed by atoms with Crippen LogP contribution in [0.1, 0.15) is 23.3 Å². The van der Waals surface area contributed by atoms with Crippen molar-refractivity contribution in [1.29, 1.82) is 0 Å². The van der Waals surface area contributed by atoms with Gasteiger partial charge in [-0.2, -0.15) is 0 Å². The summed E-state index contributed by atoms with van der Waals surface area (Å²) in [5.41, 5.74) is 0.413. The van der Waals surface area contributed by atoms with Crippen LogP contribution in [0.2, 0.25) is 0 Å². The lowest BCUT2D eigenvalue weighted by atomic mass is 10.3. The summed E-state index contributed by atoms with van der Waals surface area (Å²) in [6.45, 7) is 0.414. The van der Waals surface area contributed by atoms with E-state index < -0.39 is 5.97 Å². The predicted molar refractivity (Wildman–Crippen MR) is 79.3 cm³/mol. The lowest BCUT2D eigenvalue weighted by molar-refractivity contribution is -0.137. The van der Waals surface area contributed by atoms with Crippen molar-refractivity contribution < 1.29 is 14.7 Å².